The van der Waals surface area contributed by atoms with E-state index in [-0.39, 0.29) is 51.9 Å². The monoisotopic (exact) mass is 545 g/mol. The average Bonchev–Trinajstić information content (AvgIpc) is 3.15. The topological polar surface area (TPSA) is 101 Å². The molecule has 9 nitrogen and oxygen atoms in total. The van der Waals surface area contributed by atoms with Crippen molar-refractivity contribution in [2.24, 2.45) is 0 Å². The van der Waals surface area contributed by atoms with Crippen LogP contribution in [-0.2, 0) is 33.3 Å². The Morgan fingerprint density at radius 3 is 2.50 bits per heavy atom. The van der Waals surface area contributed by atoms with Crippen LogP contribution in [-0.4, -0.2) is 95.7 Å². The third kappa shape index (κ3) is 9.72. The van der Waals surface area contributed by atoms with Gasteiger partial charge in [-0.15, -0.1) is 0 Å². The van der Waals surface area contributed by atoms with Crippen molar-refractivity contribution in [3.63, 3.8) is 0 Å². The maximum atomic E-state index is 13.0. The van der Waals surface area contributed by atoms with E-state index in [1.54, 1.807) is 27.9 Å². The SMILES string of the molecule is COCCOCO[C@H](C(COC(C)=O)[Se]c1ccccc1)[C@@H]1CC(=O)CN1C(=O)OC(C)(C)C. The molecule has 1 saturated heterocycles. The molecule has 0 aromatic heterocycles. The fourth-order valence-corrected chi connectivity index (χ4v) is 5.90. The van der Waals surface area contributed by atoms with E-state index in [1.807, 2.05) is 30.3 Å². The van der Waals surface area contributed by atoms with E-state index in [2.05, 4.69) is 0 Å². The van der Waals surface area contributed by atoms with Crippen molar-refractivity contribution in [2.45, 2.75) is 56.7 Å². The van der Waals surface area contributed by atoms with Crippen LogP contribution in [0.3, 0.4) is 0 Å². The van der Waals surface area contributed by atoms with Crippen LogP contribution < -0.4 is 4.46 Å². The van der Waals surface area contributed by atoms with Gasteiger partial charge in [-0.1, -0.05) is 0 Å². The quantitative estimate of drug-likeness (QED) is 0.170. The van der Waals surface area contributed by atoms with Gasteiger partial charge in [0.25, 0.3) is 0 Å². The molecule has 1 aliphatic heterocycles. The van der Waals surface area contributed by atoms with Gasteiger partial charge in [0.1, 0.15) is 0 Å². The second kappa shape index (κ2) is 13.8. The molecule has 10 heteroatoms. The van der Waals surface area contributed by atoms with Crippen molar-refractivity contribution in [3.8, 4) is 0 Å². The molecule has 1 unspecified atom stereocenters. The zero-order valence-corrected chi connectivity index (χ0v) is 22.2. The van der Waals surface area contributed by atoms with Crippen LogP contribution >= 0.6 is 0 Å². The number of hydrogen-bond donors (Lipinski definition) is 0. The van der Waals surface area contributed by atoms with E-state index >= 15 is 0 Å². The molecule has 1 heterocycles. The Morgan fingerprint density at radius 1 is 1.18 bits per heavy atom. The summed E-state index contributed by atoms with van der Waals surface area (Å²) < 4.78 is 28.7. The number of nitrogens with zero attached hydrogens (tertiary/aromatic N) is 1. The van der Waals surface area contributed by atoms with Crippen LogP contribution in [0, 0.1) is 0 Å². The number of methoxy groups -OCH3 is 1. The van der Waals surface area contributed by atoms with Crippen LogP contribution in [0.2, 0.25) is 4.82 Å². The van der Waals surface area contributed by atoms with E-state index in [1.165, 1.54) is 11.8 Å². The summed E-state index contributed by atoms with van der Waals surface area (Å²) in [6.07, 6.45) is -1.06. The predicted molar refractivity (Wildman–Crippen MR) is 126 cm³/mol. The van der Waals surface area contributed by atoms with Crippen molar-refractivity contribution in [1.82, 2.24) is 4.90 Å². The summed E-state index contributed by atoms with van der Waals surface area (Å²) in [4.78, 5) is 38.2. The molecule has 1 aliphatic rings. The first-order chi connectivity index (χ1) is 16.1. The summed E-state index contributed by atoms with van der Waals surface area (Å²) in [7, 11) is 1.58. The molecule has 0 bridgehead atoms. The molecule has 1 amide bonds. The maximum absolute atomic E-state index is 13.0. The fourth-order valence-electron chi connectivity index (χ4n) is 3.39. The summed E-state index contributed by atoms with van der Waals surface area (Å²) in [6.45, 7) is 7.41. The molecule has 1 aromatic carbocycles. The van der Waals surface area contributed by atoms with Gasteiger partial charge in [-0.05, 0) is 0 Å². The van der Waals surface area contributed by atoms with Crippen LogP contribution in [0.25, 0.3) is 0 Å². The number of hydrogen-bond acceptors (Lipinski definition) is 8. The standard InChI is InChI=1S/C24H35NO8Se/c1-17(26)31-15-21(34-19-9-7-6-8-10-19)22(32-16-30-12-11-29-5)20-13-18(27)14-25(20)23(28)33-24(2,3)4/h6-10,20-22H,11-16H2,1-5H3/t20-,21?,22-/m0/s1. The van der Waals surface area contributed by atoms with Crippen molar-refractivity contribution in [3.05, 3.63) is 30.3 Å². The molecule has 34 heavy (non-hydrogen) atoms. The van der Waals surface area contributed by atoms with Gasteiger partial charge in [0.15, 0.2) is 0 Å². The summed E-state index contributed by atoms with van der Waals surface area (Å²) in [5.41, 5.74) is -0.710. The Bertz CT molecular complexity index is 798. The second-order valence-corrected chi connectivity index (χ2v) is 11.6. The first-order valence-electron chi connectivity index (χ1n) is 11.2. The minimum absolute atomic E-state index is 0.0530. The summed E-state index contributed by atoms with van der Waals surface area (Å²) in [6, 6.07) is 9.24. The van der Waals surface area contributed by atoms with Crippen LogP contribution in [0.4, 0.5) is 4.79 Å². The molecule has 3 atom stereocenters. The Morgan fingerprint density at radius 2 is 1.88 bits per heavy atom. The van der Waals surface area contributed by atoms with Gasteiger partial charge in [0.05, 0.1) is 0 Å². The molecular formula is C24H35NO8Se. The fraction of sp³-hybridized carbons (Fsp3) is 0.625. The van der Waals surface area contributed by atoms with E-state index in [0.29, 0.717) is 13.2 Å². The van der Waals surface area contributed by atoms with Gasteiger partial charge in [0.2, 0.25) is 0 Å². The van der Waals surface area contributed by atoms with Gasteiger partial charge < -0.3 is 0 Å². The number of benzene rings is 1. The van der Waals surface area contributed by atoms with E-state index in [4.69, 9.17) is 23.7 Å². The molecule has 0 spiro atoms. The van der Waals surface area contributed by atoms with E-state index in [9.17, 15) is 14.4 Å². The normalized spacial score (nSPS) is 18.0. The number of ether oxygens (including phenoxy) is 5. The summed E-state index contributed by atoms with van der Waals surface area (Å²) >= 11 is -0.181. The number of ketones is 1. The predicted octanol–water partition coefficient (Wildman–Crippen LogP) is 1.95. The number of Topliss-reactive ketones (excluding diaryl/α,β-unsaturated/α-hetero) is 1. The first-order valence-corrected chi connectivity index (χ1v) is 13.0. The average molecular weight is 545 g/mol. The molecule has 1 fully saturated rings. The van der Waals surface area contributed by atoms with Gasteiger partial charge >= 0.3 is 208 Å². The third-order valence-corrected chi connectivity index (χ3v) is 7.44. The van der Waals surface area contributed by atoms with E-state index < -0.39 is 29.8 Å². The van der Waals surface area contributed by atoms with Gasteiger partial charge in [-0.2, -0.15) is 0 Å². The molecule has 190 valence electrons. The number of carbonyl (C=O) groups excluding carboxylic acids is 3. The molecular weight excluding hydrogens is 509 g/mol. The molecule has 2 rings (SSSR count). The van der Waals surface area contributed by atoms with Gasteiger partial charge in [0, 0.05) is 0 Å². The Labute approximate surface area is 207 Å². The first kappa shape index (κ1) is 28.3. The molecule has 0 saturated carbocycles. The zero-order chi connectivity index (χ0) is 25.1. The number of rotatable bonds is 12. The Kier molecular flexibility index (Phi) is 11.5. The van der Waals surface area contributed by atoms with Gasteiger partial charge in [-0.3, -0.25) is 0 Å². The molecule has 0 aliphatic carbocycles. The third-order valence-electron chi connectivity index (χ3n) is 4.81. The van der Waals surface area contributed by atoms with Crippen LogP contribution in [0.15, 0.2) is 30.3 Å². The second-order valence-electron chi connectivity index (χ2n) is 8.84. The minimum atomic E-state index is -0.710. The number of likely N-dealkylation sites (tertiary alicyclic amines) is 1. The van der Waals surface area contributed by atoms with Crippen molar-refractivity contribution in [1.29, 1.82) is 0 Å². The van der Waals surface area contributed by atoms with Crippen LogP contribution in [0.5, 0.6) is 0 Å². The zero-order valence-electron chi connectivity index (χ0n) is 20.5. The van der Waals surface area contributed by atoms with Gasteiger partial charge in [-0.25, -0.2) is 0 Å². The van der Waals surface area contributed by atoms with Crippen molar-refractivity contribution < 1.29 is 38.1 Å². The number of carbonyl (C=O) groups is 3. The molecule has 0 N–H and O–H groups in total. The number of amides is 1. The number of esters is 1. The van der Waals surface area contributed by atoms with E-state index in [0.717, 1.165) is 4.46 Å². The summed E-state index contributed by atoms with van der Waals surface area (Å²) in [5, 5.41) is 0. The Balaban J connectivity index is 2.31. The molecule has 0 radical (unpaired) electrons. The molecule has 1 aromatic rings. The van der Waals surface area contributed by atoms with Crippen molar-refractivity contribution in [2.75, 3.05) is 40.3 Å². The van der Waals surface area contributed by atoms with Crippen molar-refractivity contribution >= 4 is 37.3 Å². The summed E-state index contributed by atoms with van der Waals surface area (Å²) in [5.74, 6) is -0.487. The Hall–Kier alpha value is -1.97. The van der Waals surface area contributed by atoms with Crippen LogP contribution in [0.1, 0.15) is 34.1 Å².